The summed E-state index contributed by atoms with van der Waals surface area (Å²) in [6.07, 6.45) is 5.14. The summed E-state index contributed by atoms with van der Waals surface area (Å²) >= 11 is 0. The van der Waals surface area contributed by atoms with E-state index in [2.05, 4.69) is 31.2 Å². The van der Waals surface area contributed by atoms with Crippen LogP contribution in [0, 0.1) is 23.4 Å². The van der Waals surface area contributed by atoms with Gasteiger partial charge in [-0.05, 0) is 97.7 Å². The fourth-order valence-electron chi connectivity index (χ4n) is 5.18. The van der Waals surface area contributed by atoms with Crippen LogP contribution in [0.25, 0.3) is 11.1 Å². The van der Waals surface area contributed by atoms with Crippen LogP contribution >= 0.6 is 0 Å². The van der Waals surface area contributed by atoms with E-state index in [1.165, 1.54) is 29.8 Å². The SMILES string of the molecule is CCOc1ccc(-c2c(F)cc(C3CCC(C[C@H](C)c4ccccc4)CC3)cc2F)cc1F. The van der Waals surface area contributed by atoms with Crippen molar-refractivity contribution in [2.45, 2.75) is 57.8 Å². The van der Waals surface area contributed by atoms with Crippen molar-refractivity contribution in [3.63, 3.8) is 0 Å². The first-order valence-electron chi connectivity index (χ1n) is 11.9. The molecular formula is C29H31F3O. The van der Waals surface area contributed by atoms with E-state index in [9.17, 15) is 13.2 Å². The zero-order valence-corrected chi connectivity index (χ0v) is 19.3. The van der Waals surface area contributed by atoms with Gasteiger partial charge in [0.05, 0.1) is 12.2 Å². The van der Waals surface area contributed by atoms with Crippen LogP contribution < -0.4 is 4.74 Å². The Morgan fingerprint density at radius 3 is 2.12 bits per heavy atom. The molecule has 1 fully saturated rings. The minimum Gasteiger partial charge on any atom is -0.491 e. The lowest BCUT2D eigenvalue weighted by molar-refractivity contribution is 0.296. The van der Waals surface area contributed by atoms with Gasteiger partial charge in [-0.3, -0.25) is 0 Å². The second-order valence-electron chi connectivity index (χ2n) is 9.20. The van der Waals surface area contributed by atoms with Gasteiger partial charge in [-0.2, -0.15) is 0 Å². The maximum Gasteiger partial charge on any atom is 0.165 e. The Bertz CT molecular complexity index is 1050. The molecule has 1 saturated carbocycles. The summed E-state index contributed by atoms with van der Waals surface area (Å²) < 4.78 is 49.4. The summed E-state index contributed by atoms with van der Waals surface area (Å²) in [4.78, 5) is 0. The van der Waals surface area contributed by atoms with Gasteiger partial charge in [0.25, 0.3) is 0 Å². The molecule has 0 bridgehead atoms. The molecule has 4 heteroatoms. The molecule has 1 aliphatic carbocycles. The first-order valence-corrected chi connectivity index (χ1v) is 11.9. The number of ether oxygens (including phenoxy) is 1. The average Bonchev–Trinajstić information content (AvgIpc) is 2.81. The van der Waals surface area contributed by atoms with E-state index in [-0.39, 0.29) is 22.8 Å². The Labute approximate surface area is 194 Å². The van der Waals surface area contributed by atoms with Crippen molar-refractivity contribution in [2.24, 2.45) is 5.92 Å². The van der Waals surface area contributed by atoms with E-state index < -0.39 is 17.5 Å². The van der Waals surface area contributed by atoms with Crippen LogP contribution in [0.1, 0.15) is 68.9 Å². The van der Waals surface area contributed by atoms with Crippen LogP contribution in [0.5, 0.6) is 5.75 Å². The summed E-state index contributed by atoms with van der Waals surface area (Å²) in [5, 5.41) is 0. The van der Waals surface area contributed by atoms with Crippen molar-refractivity contribution in [3.05, 3.63) is 89.2 Å². The quantitative estimate of drug-likeness (QED) is 0.349. The maximum absolute atomic E-state index is 15.0. The molecule has 0 aromatic heterocycles. The van der Waals surface area contributed by atoms with Gasteiger partial charge in [-0.25, -0.2) is 13.2 Å². The smallest absolute Gasteiger partial charge is 0.165 e. The standard InChI is InChI=1S/C29H31F3O/c1-3-33-28-14-13-23(16-25(28)30)29-26(31)17-24(18-27(29)32)22-11-9-20(10-12-22)15-19(2)21-7-5-4-6-8-21/h4-8,13-14,16-20,22H,3,9-12,15H2,1-2H3/t19-,20?,22?/m0/s1. The highest BCUT2D eigenvalue weighted by Gasteiger charge is 2.26. The molecule has 3 aromatic rings. The first-order chi connectivity index (χ1) is 16.0. The molecule has 1 atom stereocenters. The van der Waals surface area contributed by atoms with Crippen molar-refractivity contribution in [1.29, 1.82) is 0 Å². The molecule has 1 aliphatic rings. The third-order valence-electron chi connectivity index (χ3n) is 6.96. The molecule has 1 nitrogen and oxygen atoms in total. The van der Waals surface area contributed by atoms with E-state index in [1.807, 2.05) is 6.07 Å². The molecule has 4 rings (SSSR count). The Balaban J connectivity index is 1.43. The molecule has 33 heavy (non-hydrogen) atoms. The molecule has 0 aliphatic heterocycles. The summed E-state index contributed by atoms with van der Waals surface area (Å²) in [5.41, 5.74) is 2.06. The predicted octanol–water partition coefficient (Wildman–Crippen LogP) is 8.64. The minimum atomic E-state index is -0.645. The lowest BCUT2D eigenvalue weighted by Crippen LogP contribution is -2.15. The van der Waals surface area contributed by atoms with E-state index in [0.29, 0.717) is 24.0 Å². The van der Waals surface area contributed by atoms with Gasteiger partial charge < -0.3 is 4.74 Å². The molecular weight excluding hydrogens is 421 g/mol. The second kappa shape index (κ2) is 10.5. The predicted molar refractivity (Wildman–Crippen MR) is 127 cm³/mol. The average molecular weight is 453 g/mol. The van der Waals surface area contributed by atoms with Crippen molar-refractivity contribution in [2.75, 3.05) is 6.61 Å². The molecule has 0 spiro atoms. The summed E-state index contributed by atoms with van der Waals surface area (Å²) in [6.45, 7) is 4.35. The van der Waals surface area contributed by atoms with Crippen LogP contribution in [0.15, 0.2) is 60.7 Å². The maximum atomic E-state index is 15.0. The summed E-state index contributed by atoms with van der Waals surface area (Å²) in [5.74, 6) is -0.531. The van der Waals surface area contributed by atoms with E-state index in [0.717, 1.165) is 38.2 Å². The number of hydrogen-bond acceptors (Lipinski definition) is 1. The van der Waals surface area contributed by atoms with E-state index in [1.54, 1.807) is 6.92 Å². The molecule has 0 amide bonds. The highest BCUT2D eigenvalue weighted by Crippen LogP contribution is 2.41. The van der Waals surface area contributed by atoms with Crippen molar-refractivity contribution >= 4 is 0 Å². The monoisotopic (exact) mass is 452 g/mol. The van der Waals surface area contributed by atoms with Crippen LogP contribution in [-0.2, 0) is 0 Å². The Morgan fingerprint density at radius 1 is 0.848 bits per heavy atom. The van der Waals surface area contributed by atoms with Crippen LogP contribution in [0.3, 0.4) is 0 Å². The highest BCUT2D eigenvalue weighted by molar-refractivity contribution is 5.66. The third kappa shape index (κ3) is 5.43. The number of hydrogen-bond donors (Lipinski definition) is 0. The first kappa shape index (κ1) is 23.4. The van der Waals surface area contributed by atoms with Gasteiger partial charge in [-0.1, -0.05) is 43.3 Å². The zero-order valence-electron chi connectivity index (χ0n) is 19.3. The van der Waals surface area contributed by atoms with Crippen LogP contribution in [0.4, 0.5) is 13.2 Å². The molecule has 0 heterocycles. The fraction of sp³-hybridized carbons (Fsp3) is 0.379. The largest absolute Gasteiger partial charge is 0.491 e. The number of halogens is 3. The van der Waals surface area contributed by atoms with Crippen molar-refractivity contribution < 1.29 is 17.9 Å². The molecule has 0 saturated heterocycles. The van der Waals surface area contributed by atoms with Gasteiger partial charge in [0.15, 0.2) is 11.6 Å². The summed E-state index contributed by atoms with van der Waals surface area (Å²) in [7, 11) is 0. The summed E-state index contributed by atoms with van der Waals surface area (Å²) in [6, 6.07) is 17.5. The second-order valence-corrected chi connectivity index (χ2v) is 9.20. The van der Waals surface area contributed by atoms with Crippen molar-refractivity contribution in [3.8, 4) is 16.9 Å². The minimum absolute atomic E-state index is 0.0806. The topological polar surface area (TPSA) is 9.23 Å². The highest BCUT2D eigenvalue weighted by atomic mass is 19.1. The van der Waals surface area contributed by atoms with Crippen molar-refractivity contribution in [1.82, 2.24) is 0 Å². The molecule has 0 radical (unpaired) electrons. The number of rotatable bonds is 7. The molecule has 0 N–H and O–H groups in total. The fourth-order valence-corrected chi connectivity index (χ4v) is 5.18. The normalized spacial score (nSPS) is 19.3. The third-order valence-corrected chi connectivity index (χ3v) is 6.96. The van der Waals surface area contributed by atoms with Gasteiger partial charge in [0.1, 0.15) is 11.6 Å². The van der Waals surface area contributed by atoms with E-state index in [4.69, 9.17) is 4.74 Å². The molecule has 174 valence electrons. The van der Waals surface area contributed by atoms with Gasteiger partial charge in [0, 0.05) is 0 Å². The molecule has 0 unspecified atom stereocenters. The molecule has 3 aromatic carbocycles. The Kier molecular flexibility index (Phi) is 7.42. The van der Waals surface area contributed by atoms with Gasteiger partial charge in [0.2, 0.25) is 0 Å². The van der Waals surface area contributed by atoms with Crippen LogP contribution in [0.2, 0.25) is 0 Å². The number of benzene rings is 3. The lowest BCUT2D eigenvalue weighted by atomic mass is 9.75. The Hall–Kier alpha value is -2.75. The Morgan fingerprint density at radius 2 is 1.52 bits per heavy atom. The van der Waals surface area contributed by atoms with Gasteiger partial charge in [-0.15, -0.1) is 0 Å². The van der Waals surface area contributed by atoms with Gasteiger partial charge >= 0.3 is 0 Å². The lowest BCUT2D eigenvalue weighted by Gasteiger charge is -2.30. The van der Waals surface area contributed by atoms with E-state index >= 15 is 0 Å². The van der Waals surface area contributed by atoms with Crippen LogP contribution in [-0.4, -0.2) is 6.61 Å². The zero-order chi connectivity index (χ0) is 23.4.